The van der Waals surface area contributed by atoms with E-state index < -0.39 is 0 Å². The summed E-state index contributed by atoms with van der Waals surface area (Å²) in [6.45, 7) is 4.21. The van der Waals surface area contributed by atoms with Crippen molar-refractivity contribution >= 4 is 17.7 Å². The largest absolute Gasteiger partial charge is 0.486 e. The predicted molar refractivity (Wildman–Crippen MR) is 98.4 cm³/mol. The number of nitrogens with one attached hydrogen (secondary N) is 2. The molecule has 3 heterocycles. The van der Waals surface area contributed by atoms with Crippen molar-refractivity contribution in [1.82, 2.24) is 15.3 Å². The van der Waals surface area contributed by atoms with Crippen molar-refractivity contribution in [3.05, 3.63) is 36.2 Å². The Balaban J connectivity index is 1.32. The first kappa shape index (κ1) is 17.3. The van der Waals surface area contributed by atoms with Crippen molar-refractivity contribution in [3.8, 4) is 11.5 Å². The van der Waals surface area contributed by atoms with Crippen molar-refractivity contribution in [2.75, 3.05) is 49.7 Å². The Morgan fingerprint density at radius 3 is 2.74 bits per heavy atom. The molecule has 0 bridgehead atoms. The molecule has 0 spiro atoms. The standard InChI is InChI=1S/C18H21N5O4/c24-18(22-13-1-2-15-16(11-13)27-10-9-26-15)20-12-14-3-4-19-17(21-14)23-5-7-25-8-6-23/h1-4,11H,5-10,12H2,(H2,20,22,24). The maximum Gasteiger partial charge on any atom is 0.319 e. The SMILES string of the molecule is O=C(NCc1ccnc(N2CCOCC2)n1)Nc1ccc2c(c1)OCCO2. The van der Waals surface area contributed by atoms with Crippen LogP contribution >= 0.6 is 0 Å². The first-order valence-corrected chi connectivity index (χ1v) is 8.87. The van der Waals surface area contributed by atoms with E-state index in [0.717, 1.165) is 18.8 Å². The summed E-state index contributed by atoms with van der Waals surface area (Å²) in [5.41, 5.74) is 1.37. The molecule has 1 saturated heterocycles. The van der Waals surface area contributed by atoms with Gasteiger partial charge in [0, 0.05) is 31.0 Å². The van der Waals surface area contributed by atoms with Gasteiger partial charge in [0.15, 0.2) is 11.5 Å². The van der Waals surface area contributed by atoms with Crippen LogP contribution in [0.15, 0.2) is 30.5 Å². The van der Waals surface area contributed by atoms with Gasteiger partial charge in [-0.1, -0.05) is 0 Å². The highest BCUT2D eigenvalue weighted by molar-refractivity contribution is 5.89. The number of anilines is 2. The third-order valence-corrected chi connectivity index (χ3v) is 4.22. The Labute approximate surface area is 156 Å². The summed E-state index contributed by atoms with van der Waals surface area (Å²) < 4.78 is 16.3. The summed E-state index contributed by atoms with van der Waals surface area (Å²) in [7, 11) is 0. The average molecular weight is 371 g/mol. The van der Waals surface area contributed by atoms with Crippen molar-refractivity contribution in [2.24, 2.45) is 0 Å². The summed E-state index contributed by atoms with van der Waals surface area (Å²) in [6, 6.07) is 6.76. The molecule has 2 aromatic rings. The van der Waals surface area contributed by atoms with Gasteiger partial charge in [0.2, 0.25) is 5.95 Å². The molecule has 142 valence electrons. The number of carbonyl (C=O) groups is 1. The number of fused-ring (bicyclic) bond motifs is 1. The predicted octanol–water partition coefficient (Wildman–Crippen LogP) is 1.41. The zero-order valence-corrected chi connectivity index (χ0v) is 14.8. The molecule has 4 rings (SSSR count). The fourth-order valence-corrected chi connectivity index (χ4v) is 2.87. The van der Waals surface area contributed by atoms with Crippen LogP contribution in [0.25, 0.3) is 0 Å². The minimum atomic E-state index is -0.321. The maximum atomic E-state index is 12.2. The first-order valence-electron chi connectivity index (χ1n) is 8.87. The van der Waals surface area contributed by atoms with Crippen LogP contribution < -0.4 is 25.0 Å². The number of hydrogen-bond acceptors (Lipinski definition) is 7. The topological polar surface area (TPSA) is 97.8 Å². The number of ether oxygens (including phenoxy) is 3. The van der Waals surface area contributed by atoms with Crippen LogP contribution in [0.1, 0.15) is 5.69 Å². The second-order valence-electron chi connectivity index (χ2n) is 6.11. The summed E-state index contributed by atoms with van der Waals surface area (Å²) >= 11 is 0. The first-order chi connectivity index (χ1) is 13.3. The fourth-order valence-electron chi connectivity index (χ4n) is 2.87. The normalized spacial score (nSPS) is 15.9. The van der Waals surface area contributed by atoms with Crippen molar-refractivity contribution in [3.63, 3.8) is 0 Å². The van der Waals surface area contributed by atoms with E-state index in [1.807, 2.05) is 0 Å². The van der Waals surface area contributed by atoms with Gasteiger partial charge < -0.3 is 29.7 Å². The highest BCUT2D eigenvalue weighted by Gasteiger charge is 2.15. The lowest BCUT2D eigenvalue weighted by atomic mass is 10.2. The van der Waals surface area contributed by atoms with E-state index >= 15 is 0 Å². The minimum absolute atomic E-state index is 0.302. The van der Waals surface area contributed by atoms with Gasteiger partial charge in [-0.15, -0.1) is 0 Å². The van der Waals surface area contributed by atoms with Gasteiger partial charge in [-0.25, -0.2) is 14.8 Å². The van der Waals surface area contributed by atoms with Gasteiger partial charge in [0.25, 0.3) is 0 Å². The number of hydrogen-bond donors (Lipinski definition) is 2. The van der Waals surface area contributed by atoms with Gasteiger partial charge in [0.1, 0.15) is 13.2 Å². The van der Waals surface area contributed by atoms with Crippen LogP contribution in [-0.2, 0) is 11.3 Å². The van der Waals surface area contributed by atoms with Gasteiger partial charge in [-0.2, -0.15) is 0 Å². The summed E-state index contributed by atoms with van der Waals surface area (Å²) in [6.07, 6.45) is 1.70. The number of nitrogens with zero attached hydrogens (tertiary/aromatic N) is 3. The van der Waals surface area contributed by atoms with Crippen molar-refractivity contribution in [1.29, 1.82) is 0 Å². The smallest absolute Gasteiger partial charge is 0.319 e. The molecule has 0 radical (unpaired) electrons. The van der Waals surface area contributed by atoms with E-state index in [9.17, 15) is 4.79 Å². The molecule has 9 nitrogen and oxygen atoms in total. The second-order valence-corrected chi connectivity index (χ2v) is 6.11. The molecule has 1 fully saturated rings. The Bertz CT molecular complexity index is 810. The molecule has 2 N–H and O–H groups in total. The fraction of sp³-hybridized carbons (Fsp3) is 0.389. The molecule has 27 heavy (non-hydrogen) atoms. The minimum Gasteiger partial charge on any atom is -0.486 e. The molecular formula is C18H21N5O4. The van der Waals surface area contributed by atoms with E-state index in [1.54, 1.807) is 30.5 Å². The Morgan fingerprint density at radius 2 is 1.89 bits per heavy atom. The molecule has 1 aromatic heterocycles. The average Bonchev–Trinajstić information content (AvgIpc) is 2.73. The molecule has 2 aliphatic heterocycles. The lowest BCUT2D eigenvalue weighted by Gasteiger charge is -2.26. The lowest BCUT2D eigenvalue weighted by Crippen LogP contribution is -2.37. The summed E-state index contributed by atoms with van der Waals surface area (Å²) in [4.78, 5) is 23.1. The number of morpholine rings is 1. The number of amides is 2. The van der Waals surface area contributed by atoms with Gasteiger partial charge >= 0.3 is 6.03 Å². The molecule has 0 saturated carbocycles. The van der Waals surface area contributed by atoms with Gasteiger partial charge in [0.05, 0.1) is 25.5 Å². The third kappa shape index (κ3) is 4.37. The van der Waals surface area contributed by atoms with E-state index in [2.05, 4.69) is 25.5 Å². The number of carbonyl (C=O) groups excluding carboxylic acids is 1. The third-order valence-electron chi connectivity index (χ3n) is 4.22. The van der Waals surface area contributed by atoms with Gasteiger partial charge in [-0.05, 0) is 18.2 Å². The quantitative estimate of drug-likeness (QED) is 0.838. The molecule has 0 unspecified atom stereocenters. The molecular weight excluding hydrogens is 350 g/mol. The zero-order chi connectivity index (χ0) is 18.5. The monoisotopic (exact) mass is 371 g/mol. The van der Waals surface area contributed by atoms with Crippen LogP contribution in [-0.4, -0.2) is 55.5 Å². The molecule has 2 amide bonds. The molecule has 0 atom stereocenters. The number of aromatic nitrogens is 2. The van der Waals surface area contributed by atoms with Crippen LogP contribution in [0.2, 0.25) is 0 Å². The molecule has 9 heteroatoms. The maximum absolute atomic E-state index is 12.2. The molecule has 2 aliphatic rings. The van der Waals surface area contributed by atoms with Crippen LogP contribution in [0.4, 0.5) is 16.4 Å². The highest BCUT2D eigenvalue weighted by atomic mass is 16.6. The highest BCUT2D eigenvalue weighted by Crippen LogP contribution is 2.32. The Hall–Kier alpha value is -3.07. The van der Waals surface area contributed by atoms with E-state index in [-0.39, 0.29) is 6.03 Å². The van der Waals surface area contributed by atoms with E-state index in [4.69, 9.17) is 14.2 Å². The summed E-state index contributed by atoms with van der Waals surface area (Å²) in [5, 5.41) is 5.59. The summed E-state index contributed by atoms with van der Waals surface area (Å²) in [5.74, 6) is 1.97. The van der Waals surface area contributed by atoms with E-state index in [0.29, 0.717) is 56.1 Å². The number of urea groups is 1. The van der Waals surface area contributed by atoms with Crippen LogP contribution in [0, 0.1) is 0 Å². The Kier molecular flexibility index (Phi) is 5.20. The van der Waals surface area contributed by atoms with Crippen molar-refractivity contribution in [2.45, 2.75) is 6.54 Å². The molecule has 0 aliphatic carbocycles. The lowest BCUT2D eigenvalue weighted by molar-refractivity contribution is 0.122. The zero-order valence-electron chi connectivity index (χ0n) is 14.8. The van der Waals surface area contributed by atoms with Gasteiger partial charge in [-0.3, -0.25) is 0 Å². The number of benzene rings is 1. The van der Waals surface area contributed by atoms with Crippen LogP contribution in [0.5, 0.6) is 11.5 Å². The second kappa shape index (κ2) is 8.09. The van der Waals surface area contributed by atoms with E-state index in [1.165, 1.54) is 0 Å². The Morgan fingerprint density at radius 1 is 1.07 bits per heavy atom. The molecule has 1 aromatic carbocycles. The number of rotatable bonds is 4. The van der Waals surface area contributed by atoms with Crippen LogP contribution in [0.3, 0.4) is 0 Å². The van der Waals surface area contributed by atoms with Crippen molar-refractivity contribution < 1.29 is 19.0 Å².